The van der Waals surface area contributed by atoms with Crippen LogP contribution in [0.1, 0.15) is 42.9 Å². The van der Waals surface area contributed by atoms with Crippen molar-refractivity contribution in [2.75, 3.05) is 13.7 Å². The molecule has 3 aromatic carbocycles. The van der Waals surface area contributed by atoms with Crippen LogP contribution in [0.25, 0.3) is 0 Å². The Balaban J connectivity index is 1.65. The molecule has 2 atom stereocenters. The van der Waals surface area contributed by atoms with Crippen molar-refractivity contribution >= 4 is 30.5 Å². The molecule has 4 rings (SSSR count). The zero-order valence-electron chi connectivity index (χ0n) is 18.8. The Hall–Kier alpha value is -1.64. The first kappa shape index (κ1) is 23.5. The summed E-state index contributed by atoms with van der Waals surface area (Å²) in [6.45, 7) is 0.581. The molecule has 1 aliphatic rings. The van der Waals surface area contributed by atoms with Crippen molar-refractivity contribution in [2.24, 2.45) is 0 Å². The van der Waals surface area contributed by atoms with Crippen LogP contribution in [0.5, 0.6) is 0 Å². The van der Waals surface area contributed by atoms with Crippen molar-refractivity contribution in [1.29, 1.82) is 0 Å². The van der Waals surface area contributed by atoms with E-state index in [0.717, 1.165) is 0 Å². The van der Waals surface area contributed by atoms with Gasteiger partial charge in [-0.2, -0.15) is 0 Å². The highest BCUT2D eigenvalue weighted by atomic mass is 32.2. The standard InChI is InChI=1S/C28H33O2PS/c1-29-22-27(28(23-14-6-2-7-15-23)32-26-20-12-5-13-21-26)30-31(24-16-8-3-9-17-24)25-18-10-4-11-19-25/h2-4,6-11,14-19,26-28H,5,12-13,20-22H2,1H3/t27-,28+/m0/s1. The van der Waals surface area contributed by atoms with Crippen LogP contribution in [-0.4, -0.2) is 25.1 Å². The SMILES string of the molecule is COC[C@H](OP(c1ccccc1)c1ccccc1)[C@H](SC1CCCCC1)c1ccccc1. The zero-order valence-corrected chi connectivity index (χ0v) is 20.5. The fourth-order valence-corrected chi connectivity index (χ4v) is 7.91. The minimum absolute atomic E-state index is 0.0270. The normalized spacial score (nSPS) is 16.7. The van der Waals surface area contributed by atoms with Crippen molar-refractivity contribution < 1.29 is 9.26 Å². The van der Waals surface area contributed by atoms with Crippen LogP contribution in [0.3, 0.4) is 0 Å². The molecule has 0 heterocycles. The Morgan fingerprint density at radius 3 is 1.84 bits per heavy atom. The molecule has 0 unspecified atom stereocenters. The molecule has 0 amide bonds. The molecule has 0 N–H and O–H groups in total. The monoisotopic (exact) mass is 464 g/mol. The summed E-state index contributed by atoms with van der Waals surface area (Å²) in [4.78, 5) is 0. The van der Waals surface area contributed by atoms with Crippen LogP contribution in [0.4, 0.5) is 0 Å². The van der Waals surface area contributed by atoms with Gasteiger partial charge in [0, 0.05) is 23.0 Å². The molecule has 168 valence electrons. The summed E-state index contributed by atoms with van der Waals surface area (Å²) in [7, 11) is 0.848. The molecule has 0 bridgehead atoms. The number of rotatable bonds is 10. The molecule has 1 fully saturated rings. The Labute approximate surface area is 198 Å². The third kappa shape index (κ3) is 6.45. The van der Waals surface area contributed by atoms with E-state index in [4.69, 9.17) is 9.26 Å². The van der Waals surface area contributed by atoms with Gasteiger partial charge in [-0.25, -0.2) is 0 Å². The Morgan fingerprint density at radius 1 is 0.781 bits per heavy atom. The lowest BCUT2D eigenvalue weighted by molar-refractivity contribution is 0.0896. The zero-order chi connectivity index (χ0) is 22.0. The third-order valence-electron chi connectivity index (χ3n) is 5.91. The van der Waals surface area contributed by atoms with Crippen molar-refractivity contribution in [1.82, 2.24) is 0 Å². The minimum Gasteiger partial charge on any atom is -0.382 e. The Morgan fingerprint density at radius 2 is 1.31 bits per heavy atom. The molecule has 0 spiro atoms. The van der Waals surface area contributed by atoms with Gasteiger partial charge in [-0.3, -0.25) is 0 Å². The molecule has 0 aliphatic heterocycles. The van der Waals surface area contributed by atoms with Crippen LogP contribution < -0.4 is 10.6 Å². The largest absolute Gasteiger partial charge is 0.382 e. The molecule has 4 heteroatoms. The number of hydrogen-bond donors (Lipinski definition) is 0. The van der Waals surface area contributed by atoms with Gasteiger partial charge in [0.05, 0.1) is 20.0 Å². The Kier molecular flexibility index (Phi) is 9.23. The van der Waals surface area contributed by atoms with Crippen LogP contribution in [0.15, 0.2) is 91.0 Å². The lowest BCUT2D eigenvalue weighted by Gasteiger charge is -2.34. The van der Waals surface area contributed by atoms with Crippen molar-refractivity contribution in [3.05, 3.63) is 96.6 Å². The summed E-state index contributed by atoms with van der Waals surface area (Å²) in [5, 5.41) is 3.42. The van der Waals surface area contributed by atoms with Gasteiger partial charge in [0.1, 0.15) is 6.10 Å². The molecule has 32 heavy (non-hydrogen) atoms. The van der Waals surface area contributed by atoms with Crippen molar-refractivity contribution in [3.63, 3.8) is 0 Å². The summed E-state index contributed by atoms with van der Waals surface area (Å²) in [5.41, 5.74) is 1.33. The fraction of sp³-hybridized carbons (Fsp3) is 0.357. The Bertz CT molecular complexity index is 861. The smallest absolute Gasteiger partial charge is 0.102 e. The first-order valence-corrected chi connectivity index (χ1v) is 13.8. The summed E-state index contributed by atoms with van der Waals surface area (Å²) in [5.74, 6) is 0. The van der Waals surface area contributed by atoms with Gasteiger partial charge in [0.15, 0.2) is 0 Å². The first-order chi connectivity index (χ1) is 15.8. The maximum Gasteiger partial charge on any atom is 0.102 e. The van der Waals surface area contributed by atoms with E-state index in [1.807, 2.05) is 0 Å². The average Bonchev–Trinajstić information content (AvgIpc) is 2.87. The van der Waals surface area contributed by atoms with Crippen LogP contribution >= 0.6 is 19.9 Å². The predicted molar refractivity (Wildman–Crippen MR) is 139 cm³/mol. The second kappa shape index (κ2) is 12.6. The topological polar surface area (TPSA) is 18.5 Å². The highest BCUT2D eigenvalue weighted by Crippen LogP contribution is 2.46. The number of benzene rings is 3. The van der Waals surface area contributed by atoms with Gasteiger partial charge in [-0.05, 0) is 18.4 Å². The van der Waals surface area contributed by atoms with E-state index >= 15 is 0 Å². The summed E-state index contributed by atoms with van der Waals surface area (Å²) < 4.78 is 12.8. The molecule has 0 aromatic heterocycles. The summed E-state index contributed by atoms with van der Waals surface area (Å²) in [6, 6.07) is 32.2. The number of methoxy groups -OCH3 is 1. The van der Waals surface area contributed by atoms with Gasteiger partial charge >= 0.3 is 0 Å². The first-order valence-electron chi connectivity index (χ1n) is 11.6. The van der Waals surface area contributed by atoms with Crippen LogP contribution in [0, 0.1) is 0 Å². The number of hydrogen-bond acceptors (Lipinski definition) is 3. The van der Waals surface area contributed by atoms with E-state index in [-0.39, 0.29) is 11.4 Å². The van der Waals surface area contributed by atoms with E-state index in [9.17, 15) is 0 Å². The minimum atomic E-state index is -0.941. The second-order valence-electron chi connectivity index (χ2n) is 8.29. The van der Waals surface area contributed by atoms with E-state index in [1.165, 1.54) is 48.3 Å². The molecule has 0 radical (unpaired) electrons. The van der Waals surface area contributed by atoms with Crippen molar-refractivity contribution in [2.45, 2.75) is 48.7 Å². The van der Waals surface area contributed by atoms with Crippen LogP contribution in [0.2, 0.25) is 0 Å². The summed E-state index contributed by atoms with van der Waals surface area (Å²) in [6.07, 6.45) is 6.64. The average molecular weight is 465 g/mol. The molecule has 1 saturated carbocycles. The molecule has 2 nitrogen and oxygen atoms in total. The molecular weight excluding hydrogens is 431 g/mol. The quantitative estimate of drug-likeness (QED) is 0.305. The number of ether oxygens (including phenoxy) is 1. The van der Waals surface area contributed by atoms with E-state index in [2.05, 4.69) is 103 Å². The maximum atomic E-state index is 7.04. The molecule has 3 aromatic rings. The van der Waals surface area contributed by atoms with E-state index in [1.54, 1.807) is 7.11 Å². The van der Waals surface area contributed by atoms with E-state index in [0.29, 0.717) is 11.9 Å². The maximum absolute atomic E-state index is 7.04. The fourth-order valence-electron chi connectivity index (χ4n) is 4.30. The van der Waals surface area contributed by atoms with Gasteiger partial charge < -0.3 is 9.26 Å². The predicted octanol–water partition coefficient (Wildman–Crippen LogP) is 6.87. The highest BCUT2D eigenvalue weighted by Gasteiger charge is 2.31. The summed E-state index contributed by atoms with van der Waals surface area (Å²) >= 11 is 2.10. The van der Waals surface area contributed by atoms with Gasteiger partial charge in [-0.15, -0.1) is 11.8 Å². The van der Waals surface area contributed by atoms with Gasteiger partial charge in [-0.1, -0.05) is 110 Å². The molecule has 1 aliphatic carbocycles. The van der Waals surface area contributed by atoms with Gasteiger partial charge in [0.2, 0.25) is 0 Å². The lowest BCUT2D eigenvalue weighted by Crippen LogP contribution is -2.29. The van der Waals surface area contributed by atoms with Crippen LogP contribution in [-0.2, 0) is 9.26 Å². The third-order valence-corrected chi connectivity index (χ3v) is 9.65. The van der Waals surface area contributed by atoms with Gasteiger partial charge in [0.25, 0.3) is 0 Å². The highest BCUT2D eigenvalue weighted by molar-refractivity contribution is 8.00. The number of thioether (sulfide) groups is 1. The van der Waals surface area contributed by atoms with E-state index < -0.39 is 8.15 Å². The second-order valence-corrected chi connectivity index (χ2v) is 11.6. The lowest BCUT2D eigenvalue weighted by atomic mass is 10.0. The molecule has 0 saturated heterocycles. The van der Waals surface area contributed by atoms with Crippen molar-refractivity contribution in [3.8, 4) is 0 Å². The molecular formula is C28H33O2PS.